The van der Waals surface area contributed by atoms with Crippen LogP contribution in [0, 0.1) is 13.8 Å². The lowest BCUT2D eigenvalue weighted by atomic mass is 10.1. The van der Waals surface area contributed by atoms with Crippen molar-refractivity contribution < 1.29 is 13.5 Å². The summed E-state index contributed by atoms with van der Waals surface area (Å²) in [6.45, 7) is 5.64. The van der Waals surface area contributed by atoms with Gasteiger partial charge in [-0.1, -0.05) is 6.92 Å². The van der Waals surface area contributed by atoms with Crippen LogP contribution in [0.5, 0.6) is 0 Å². The monoisotopic (exact) mass is 286 g/mol. The fourth-order valence-electron chi connectivity index (χ4n) is 1.77. The summed E-state index contributed by atoms with van der Waals surface area (Å²) in [5, 5.41) is 9.41. The Morgan fingerprint density at radius 1 is 1.37 bits per heavy atom. The molecule has 4 N–H and O–H groups in total. The molecule has 0 aliphatic heterocycles. The van der Waals surface area contributed by atoms with Gasteiger partial charge in [-0.3, -0.25) is 0 Å². The molecule has 0 spiro atoms. The van der Waals surface area contributed by atoms with Gasteiger partial charge in [0.1, 0.15) is 0 Å². The third kappa shape index (κ3) is 4.19. The number of hydrogen-bond acceptors (Lipinski definition) is 4. The Hall–Kier alpha value is -1.11. The molecule has 1 unspecified atom stereocenters. The SMILES string of the molecule is CCC(O)CCNS(=O)(=O)c1cc(N)cc(C)c1C. The second kappa shape index (κ2) is 6.36. The van der Waals surface area contributed by atoms with Gasteiger partial charge in [0.15, 0.2) is 0 Å². The number of nitrogens with one attached hydrogen (secondary N) is 1. The summed E-state index contributed by atoms with van der Waals surface area (Å²) >= 11 is 0. The van der Waals surface area contributed by atoms with Crippen LogP contribution in [0.3, 0.4) is 0 Å². The Kier molecular flexibility index (Phi) is 5.34. The van der Waals surface area contributed by atoms with Crippen LogP contribution in [0.15, 0.2) is 17.0 Å². The average molecular weight is 286 g/mol. The molecule has 0 aliphatic rings. The van der Waals surface area contributed by atoms with E-state index < -0.39 is 16.1 Å². The van der Waals surface area contributed by atoms with E-state index in [1.54, 1.807) is 13.0 Å². The number of nitrogens with two attached hydrogens (primary N) is 1. The molecule has 0 saturated carbocycles. The van der Waals surface area contributed by atoms with E-state index in [0.717, 1.165) is 5.56 Å². The highest BCUT2D eigenvalue weighted by Crippen LogP contribution is 2.22. The lowest BCUT2D eigenvalue weighted by molar-refractivity contribution is 0.162. The first-order chi connectivity index (χ1) is 8.77. The first-order valence-corrected chi connectivity index (χ1v) is 7.80. The van der Waals surface area contributed by atoms with E-state index in [4.69, 9.17) is 5.73 Å². The fourth-order valence-corrected chi connectivity index (χ4v) is 3.17. The smallest absolute Gasteiger partial charge is 0.240 e. The number of aliphatic hydroxyl groups is 1. The highest BCUT2D eigenvalue weighted by atomic mass is 32.2. The van der Waals surface area contributed by atoms with Crippen LogP contribution < -0.4 is 10.5 Å². The summed E-state index contributed by atoms with van der Waals surface area (Å²) in [5.41, 5.74) is 7.65. The van der Waals surface area contributed by atoms with Crippen molar-refractivity contribution in [3.05, 3.63) is 23.3 Å². The van der Waals surface area contributed by atoms with Crippen LogP contribution in [-0.4, -0.2) is 26.2 Å². The van der Waals surface area contributed by atoms with E-state index in [1.807, 2.05) is 13.8 Å². The van der Waals surface area contributed by atoms with E-state index in [-0.39, 0.29) is 11.4 Å². The lowest BCUT2D eigenvalue weighted by Crippen LogP contribution is -2.28. The summed E-state index contributed by atoms with van der Waals surface area (Å²) in [6, 6.07) is 3.20. The summed E-state index contributed by atoms with van der Waals surface area (Å²) in [5.74, 6) is 0. The van der Waals surface area contributed by atoms with E-state index in [2.05, 4.69) is 4.72 Å². The zero-order chi connectivity index (χ0) is 14.6. The molecule has 1 rings (SSSR count). The van der Waals surface area contributed by atoms with Crippen LogP contribution in [0.4, 0.5) is 5.69 Å². The fraction of sp³-hybridized carbons (Fsp3) is 0.538. The number of rotatable bonds is 6. The second-order valence-electron chi connectivity index (χ2n) is 4.71. The average Bonchev–Trinajstić information content (AvgIpc) is 2.33. The number of hydrogen-bond donors (Lipinski definition) is 3. The Morgan fingerprint density at radius 3 is 2.58 bits per heavy atom. The predicted octanol–water partition coefficient (Wildman–Crippen LogP) is 1.32. The minimum Gasteiger partial charge on any atom is -0.399 e. The Balaban J connectivity index is 2.89. The van der Waals surface area contributed by atoms with Gasteiger partial charge >= 0.3 is 0 Å². The molecule has 0 fully saturated rings. The van der Waals surface area contributed by atoms with Crippen LogP contribution in [0.1, 0.15) is 30.9 Å². The number of aliphatic hydroxyl groups excluding tert-OH is 1. The first kappa shape index (κ1) is 15.9. The minimum absolute atomic E-state index is 0.205. The zero-order valence-electron chi connectivity index (χ0n) is 11.6. The van der Waals surface area contributed by atoms with Crippen molar-refractivity contribution in [1.82, 2.24) is 4.72 Å². The third-order valence-corrected chi connectivity index (χ3v) is 4.76. The van der Waals surface area contributed by atoms with Crippen molar-refractivity contribution >= 4 is 15.7 Å². The van der Waals surface area contributed by atoms with Crippen LogP contribution in [0.2, 0.25) is 0 Å². The van der Waals surface area contributed by atoms with Crippen LogP contribution in [-0.2, 0) is 10.0 Å². The van der Waals surface area contributed by atoms with Gasteiger partial charge in [-0.2, -0.15) is 0 Å². The number of sulfonamides is 1. The van der Waals surface area contributed by atoms with Gasteiger partial charge < -0.3 is 10.8 Å². The van der Waals surface area contributed by atoms with Crippen LogP contribution in [0.25, 0.3) is 0 Å². The predicted molar refractivity (Wildman–Crippen MR) is 76.4 cm³/mol. The molecular formula is C13H22N2O3S. The van der Waals surface area contributed by atoms with Gasteiger partial charge in [-0.15, -0.1) is 0 Å². The number of nitrogen functional groups attached to an aromatic ring is 1. The van der Waals surface area contributed by atoms with Gasteiger partial charge in [0.2, 0.25) is 10.0 Å². The third-order valence-electron chi connectivity index (χ3n) is 3.17. The van der Waals surface area contributed by atoms with E-state index in [9.17, 15) is 13.5 Å². The van der Waals surface area contributed by atoms with Crippen molar-refractivity contribution in [3.63, 3.8) is 0 Å². The molecule has 0 aliphatic carbocycles. The molecule has 1 aromatic rings. The number of anilines is 1. The van der Waals surface area contributed by atoms with Gasteiger partial charge in [0.05, 0.1) is 11.0 Å². The Bertz CT molecular complexity index is 541. The second-order valence-corrected chi connectivity index (χ2v) is 6.44. The molecule has 6 heteroatoms. The van der Waals surface area contributed by atoms with Crippen molar-refractivity contribution in [1.29, 1.82) is 0 Å². The number of benzene rings is 1. The van der Waals surface area contributed by atoms with Crippen molar-refractivity contribution in [2.75, 3.05) is 12.3 Å². The largest absolute Gasteiger partial charge is 0.399 e. The van der Waals surface area contributed by atoms with Gasteiger partial charge in [0.25, 0.3) is 0 Å². The first-order valence-electron chi connectivity index (χ1n) is 6.32. The summed E-state index contributed by atoms with van der Waals surface area (Å²) in [7, 11) is -3.58. The van der Waals surface area contributed by atoms with Crippen molar-refractivity contribution in [2.45, 2.75) is 44.6 Å². The van der Waals surface area contributed by atoms with E-state index in [0.29, 0.717) is 24.1 Å². The zero-order valence-corrected chi connectivity index (χ0v) is 12.4. The molecule has 0 saturated heterocycles. The molecule has 5 nitrogen and oxygen atoms in total. The summed E-state index contributed by atoms with van der Waals surface area (Å²) < 4.78 is 26.9. The molecule has 0 heterocycles. The maximum absolute atomic E-state index is 12.2. The molecule has 19 heavy (non-hydrogen) atoms. The topological polar surface area (TPSA) is 92.4 Å². The molecular weight excluding hydrogens is 264 g/mol. The molecule has 0 amide bonds. The quantitative estimate of drug-likeness (QED) is 0.688. The normalized spacial score (nSPS) is 13.5. The highest BCUT2D eigenvalue weighted by Gasteiger charge is 2.18. The van der Waals surface area contributed by atoms with Gasteiger partial charge in [-0.25, -0.2) is 13.1 Å². The molecule has 108 valence electrons. The summed E-state index contributed by atoms with van der Waals surface area (Å²) in [4.78, 5) is 0.205. The molecule has 0 radical (unpaired) electrons. The molecule has 1 atom stereocenters. The van der Waals surface area contributed by atoms with Gasteiger partial charge in [-0.05, 0) is 49.9 Å². The maximum Gasteiger partial charge on any atom is 0.240 e. The van der Waals surface area contributed by atoms with E-state index >= 15 is 0 Å². The standard InChI is InChI=1S/C13H22N2O3S/c1-4-12(16)5-6-15-19(17,18)13-8-11(14)7-9(2)10(13)3/h7-8,12,15-16H,4-6,14H2,1-3H3. The lowest BCUT2D eigenvalue weighted by Gasteiger charge is -2.13. The molecule has 0 bridgehead atoms. The van der Waals surface area contributed by atoms with Crippen molar-refractivity contribution in [2.24, 2.45) is 0 Å². The van der Waals surface area contributed by atoms with Crippen molar-refractivity contribution in [3.8, 4) is 0 Å². The molecule has 1 aromatic carbocycles. The van der Waals surface area contributed by atoms with E-state index in [1.165, 1.54) is 6.07 Å². The summed E-state index contributed by atoms with van der Waals surface area (Å²) in [6.07, 6.45) is 0.528. The molecule has 0 aromatic heterocycles. The Labute approximate surface area is 114 Å². The minimum atomic E-state index is -3.58. The van der Waals surface area contributed by atoms with Crippen LogP contribution >= 0.6 is 0 Å². The maximum atomic E-state index is 12.2. The Morgan fingerprint density at radius 2 is 2.00 bits per heavy atom. The highest BCUT2D eigenvalue weighted by molar-refractivity contribution is 7.89. The van der Waals surface area contributed by atoms with Gasteiger partial charge in [0, 0.05) is 12.2 Å². The number of aryl methyl sites for hydroxylation is 1.